The number of rotatable bonds is 5. The molecule has 2 aliphatic heterocycles. The summed E-state index contributed by atoms with van der Waals surface area (Å²) >= 11 is 0. The van der Waals surface area contributed by atoms with Crippen molar-refractivity contribution in [2.24, 2.45) is 10.9 Å². The minimum absolute atomic E-state index is 0.0276. The van der Waals surface area contributed by atoms with Crippen LogP contribution in [0.3, 0.4) is 0 Å². The van der Waals surface area contributed by atoms with Crippen LogP contribution in [0, 0.1) is 17.2 Å². The maximum atomic E-state index is 12.6. The number of aliphatic imine (C=N–C) groups is 1. The summed E-state index contributed by atoms with van der Waals surface area (Å²) in [6, 6.07) is 16.8. The van der Waals surface area contributed by atoms with Crippen LogP contribution in [0.15, 0.2) is 47.5 Å². The second-order valence-corrected chi connectivity index (χ2v) is 8.39. The standard InChI is InChI=1S/C24H24N4O/c25-12-22(28-24(29)23-18-7-8-21(11-18)27-23)9-15-1-3-16(4-2-15)17-5-6-19-13-26-14-20(19)10-17/h1-6,10,14,18,21-23,27H,7-9,11,13H2,(H,28,29)/t18-,21+,22-,23-/m0/s1. The summed E-state index contributed by atoms with van der Waals surface area (Å²) in [6.45, 7) is 0.771. The van der Waals surface area contributed by atoms with E-state index in [-0.39, 0.29) is 11.9 Å². The monoisotopic (exact) mass is 384 g/mol. The topological polar surface area (TPSA) is 77.3 Å². The number of piperidine rings is 1. The second-order valence-electron chi connectivity index (χ2n) is 8.39. The summed E-state index contributed by atoms with van der Waals surface area (Å²) in [7, 11) is 0. The van der Waals surface area contributed by atoms with Crippen molar-refractivity contribution in [3.05, 3.63) is 59.2 Å². The first-order valence-corrected chi connectivity index (χ1v) is 10.4. The molecule has 1 saturated carbocycles. The summed E-state index contributed by atoms with van der Waals surface area (Å²) in [4.78, 5) is 16.9. The Balaban J connectivity index is 1.23. The highest BCUT2D eigenvalue weighted by Crippen LogP contribution is 2.35. The molecule has 1 saturated heterocycles. The molecule has 0 aromatic heterocycles. The number of carbonyl (C=O) groups is 1. The molecule has 1 aliphatic carbocycles. The number of nitrogens with zero attached hydrogens (tertiary/aromatic N) is 2. The molecule has 2 aromatic rings. The van der Waals surface area contributed by atoms with Gasteiger partial charge in [-0.15, -0.1) is 0 Å². The maximum Gasteiger partial charge on any atom is 0.238 e. The first kappa shape index (κ1) is 18.1. The molecule has 0 spiro atoms. The first-order chi connectivity index (χ1) is 14.2. The van der Waals surface area contributed by atoms with Gasteiger partial charge in [-0.05, 0) is 59.1 Å². The first-order valence-electron chi connectivity index (χ1n) is 10.4. The Morgan fingerprint density at radius 3 is 2.76 bits per heavy atom. The van der Waals surface area contributed by atoms with Gasteiger partial charge < -0.3 is 10.6 Å². The summed E-state index contributed by atoms with van der Waals surface area (Å²) in [5.41, 5.74) is 5.80. The van der Waals surface area contributed by atoms with Crippen molar-refractivity contribution >= 4 is 12.1 Å². The van der Waals surface area contributed by atoms with Gasteiger partial charge in [-0.25, -0.2) is 0 Å². The fourth-order valence-corrected chi connectivity index (χ4v) is 4.89. The zero-order chi connectivity index (χ0) is 19.8. The van der Waals surface area contributed by atoms with Gasteiger partial charge in [0.2, 0.25) is 5.91 Å². The van der Waals surface area contributed by atoms with Crippen LogP contribution in [-0.2, 0) is 17.8 Å². The largest absolute Gasteiger partial charge is 0.339 e. The number of fused-ring (bicyclic) bond motifs is 3. The van der Waals surface area contributed by atoms with Gasteiger partial charge in [0.1, 0.15) is 6.04 Å². The van der Waals surface area contributed by atoms with Crippen LogP contribution in [0.5, 0.6) is 0 Å². The van der Waals surface area contributed by atoms with Crippen LogP contribution in [0.2, 0.25) is 0 Å². The van der Waals surface area contributed by atoms with Gasteiger partial charge >= 0.3 is 0 Å². The Hall–Kier alpha value is -2.97. The van der Waals surface area contributed by atoms with Crippen LogP contribution < -0.4 is 10.6 Å². The Kier molecular flexibility index (Phi) is 4.65. The smallest absolute Gasteiger partial charge is 0.238 e. The second kappa shape index (κ2) is 7.46. The van der Waals surface area contributed by atoms with Crippen molar-refractivity contribution in [2.75, 3.05) is 0 Å². The zero-order valence-corrected chi connectivity index (χ0v) is 16.3. The lowest BCUT2D eigenvalue weighted by atomic mass is 9.97. The van der Waals surface area contributed by atoms with E-state index in [0.29, 0.717) is 18.4 Å². The van der Waals surface area contributed by atoms with E-state index in [1.165, 1.54) is 17.5 Å². The van der Waals surface area contributed by atoms with Gasteiger partial charge in [0.25, 0.3) is 0 Å². The molecular formula is C24H24N4O. The van der Waals surface area contributed by atoms with Crippen LogP contribution >= 0.6 is 0 Å². The van der Waals surface area contributed by atoms with E-state index in [9.17, 15) is 10.1 Å². The number of nitrogens with one attached hydrogen (secondary N) is 2. The van der Waals surface area contributed by atoms with Gasteiger partial charge in [-0.3, -0.25) is 9.79 Å². The highest BCUT2D eigenvalue weighted by molar-refractivity contribution is 5.87. The van der Waals surface area contributed by atoms with Crippen molar-refractivity contribution in [1.82, 2.24) is 10.6 Å². The molecule has 4 atom stereocenters. The van der Waals surface area contributed by atoms with Crippen molar-refractivity contribution in [3.63, 3.8) is 0 Å². The average Bonchev–Trinajstić information content (AvgIpc) is 3.50. The quantitative estimate of drug-likeness (QED) is 0.832. The van der Waals surface area contributed by atoms with Crippen LogP contribution in [0.4, 0.5) is 0 Å². The highest BCUT2D eigenvalue weighted by Gasteiger charge is 2.43. The number of carbonyl (C=O) groups excluding carboxylic acids is 1. The molecule has 2 aromatic carbocycles. The fraction of sp³-hybridized carbons (Fsp3) is 0.375. The van der Waals surface area contributed by atoms with Crippen molar-refractivity contribution < 1.29 is 4.79 Å². The molecule has 5 nitrogen and oxygen atoms in total. The number of nitriles is 1. The molecule has 5 rings (SSSR count). The number of hydrogen-bond acceptors (Lipinski definition) is 4. The Morgan fingerprint density at radius 2 is 2.03 bits per heavy atom. The Labute approximate surface area is 170 Å². The number of benzene rings is 2. The summed E-state index contributed by atoms with van der Waals surface area (Å²) < 4.78 is 0. The maximum absolute atomic E-state index is 12.6. The molecule has 0 radical (unpaired) electrons. The van der Waals surface area contributed by atoms with Gasteiger partial charge in [-0.1, -0.05) is 36.4 Å². The average molecular weight is 384 g/mol. The third-order valence-corrected chi connectivity index (χ3v) is 6.48. The molecular weight excluding hydrogens is 360 g/mol. The van der Waals surface area contributed by atoms with Gasteiger partial charge in [0, 0.05) is 18.7 Å². The van der Waals surface area contributed by atoms with Gasteiger partial charge in [0.05, 0.1) is 18.7 Å². The van der Waals surface area contributed by atoms with E-state index in [0.717, 1.165) is 36.1 Å². The molecule has 29 heavy (non-hydrogen) atoms. The fourth-order valence-electron chi connectivity index (χ4n) is 4.89. The highest BCUT2D eigenvalue weighted by atomic mass is 16.2. The number of hydrogen-bond donors (Lipinski definition) is 2. The van der Waals surface area contributed by atoms with Crippen LogP contribution in [-0.4, -0.2) is 30.2 Å². The molecule has 5 heteroatoms. The molecule has 1 amide bonds. The predicted molar refractivity (Wildman–Crippen MR) is 112 cm³/mol. The third kappa shape index (κ3) is 3.56. The lowest BCUT2D eigenvalue weighted by Crippen LogP contribution is -2.50. The Morgan fingerprint density at radius 1 is 1.21 bits per heavy atom. The molecule has 2 heterocycles. The summed E-state index contributed by atoms with van der Waals surface area (Å²) in [5, 5.41) is 15.9. The van der Waals surface area contributed by atoms with E-state index in [1.807, 2.05) is 18.3 Å². The zero-order valence-electron chi connectivity index (χ0n) is 16.3. The van der Waals surface area contributed by atoms with E-state index >= 15 is 0 Å². The van der Waals surface area contributed by atoms with Crippen molar-refractivity contribution in [3.8, 4) is 17.2 Å². The minimum atomic E-state index is -0.509. The third-order valence-electron chi connectivity index (χ3n) is 6.48. The lowest BCUT2D eigenvalue weighted by molar-refractivity contribution is -0.124. The van der Waals surface area contributed by atoms with E-state index in [1.54, 1.807) is 0 Å². The molecule has 146 valence electrons. The van der Waals surface area contributed by atoms with E-state index < -0.39 is 6.04 Å². The molecule has 3 aliphatic rings. The summed E-state index contributed by atoms with van der Waals surface area (Å²) in [6.07, 6.45) is 5.81. The van der Waals surface area contributed by atoms with Crippen molar-refractivity contribution in [2.45, 2.75) is 50.4 Å². The molecule has 0 unspecified atom stereocenters. The predicted octanol–water partition coefficient (Wildman–Crippen LogP) is 2.98. The lowest BCUT2D eigenvalue weighted by Gasteiger charge is -2.23. The normalized spacial score (nSPS) is 24.9. The summed E-state index contributed by atoms with van der Waals surface area (Å²) in [5.74, 6) is 0.399. The van der Waals surface area contributed by atoms with Gasteiger partial charge in [-0.2, -0.15) is 5.26 Å². The van der Waals surface area contributed by atoms with Gasteiger partial charge in [0.15, 0.2) is 0 Å². The Bertz CT molecular complexity index is 1000. The SMILES string of the molecule is N#C[C@H](Cc1ccc(-c2ccc3c(c2)C=NC3)cc1)NC(=O)[C@H]1N[C@@H]2CC[C@H]1C2. The number of amides is 1. The van der Waals surface area contributed by atoms with Crippen LogP contribution in [0.25, 0.3) is 11.1 Å². The van der Waals surface area contributed by atoms with Crippen LogP contribution in [0.1, 0.15) is 36.0 Å². The minimum Gasteiger partial charge on any atom is -0.339 e. The molecule has 2 fully saturated rings. The van der Waals surface area contributed by atoms with E-state index in [2.05, 4.69) is 52.0 Å². The van der Waals surface area contributed by atoms with E-state index in [4.69, 9.17) is 0 Å². The van der Waals surface area contributed by atoms with Crippen molar-refractivity contribution in [1.29, 1.82) is 5.26 Å². The molecule has 2 N–H and O–H groups in total. The molecule has 2 bridgehead atoms.